The molecular formula is C10H11ClF2N2O2S. The SMILES string of the molecule is O=C(O)C1CN(Cc2ncc(Cl)s2)CC(F)(F)C1. The van der Waals surface area contributed by atoms with Crippen LogP contribution in [0.5, 0.6) is 0 Å². The van der Waals surface area contributed by atoms with Crippen LogP contribution in [0.4, 0.5) is 8.78 Å². The molecule has 1 fully saturated rings. The molecule has 1 N–H and O–H groups in total. The summed E-state index contributed by atoms with van der Waals surface area (Å²) in [6, 6.07) is 0. The molecule has 0 saturated carbocycles. The standard InChI is InChI=1S/C10H11ClF2N2O2S/c11-7-2-14-8(18-7)4-15-3-6(9(16)17)1-10(12,13)5-15/h2,6H,1,3-5H2,(H,16,17). The summed E-state index contributed by atoms with van der Waals surface area (Å²) < 4.78 is 27.3. The Morgan fingerprint density at radius 3 is 3.00 bits per heavy atom. The number of nitrogens with zero attached hydrogens (tertiary/aromatic N) is 2. The maximum absolute atomic E-state index is 13.4. The zero-order valence-electron chi connectivity index (χ0n) is 9.28. The van der Waals surface area contributed by atoms with Gasteiger partial charge in [-0.05, 0) is 0 Å². The number of alkyl halides is 2. The van der Waals surface area contributed by atoms with Gasteiger partial charge in [0.15, 0.2) is 0 Å². The number of thiazole rings is 1. The summed E-state index contributed by atoms with van der Waals surface area (Å²) in [5.41, 5.74) is 0. The van der Waals surface area contributed by atoms with Gasteiger partial charge in [-0.15, -0.1) is 11.3 Å². The fourth-order valence-corrected chi connectivity index (χ4v) is 3.03. The van der Waals surface area contributed by atoms with E-state index in [1.807, 2.05) is 0 Å². The average molecular weight is 297 g/mol. The topological polar surface area (TPSA) is 53.4 Å². The smallest absolute Gasteiger partial charge is 0.308 e. The summed E-state index contributed by atoms with van der Waals surface area (Å²) in [4.78, 5) is 16.2. The molecule has 2 heterocycles. The van der Waals surface area contributed by atoms with Gasteiger partial charge in [-0.1, -0.05) is 11.6 Å². The predicted octanol–water partition coefficient (Wildman–Crippen LogP) is 2.34. The minimum absolute atomic E-state index is 0.113. The third kappa shape index (κ3) is 3.37. The van der Waals surface area contributed by atoms with Crippen LogP contribution in [0.25, 0.3) is 0 Å². The average Bonchev–Trinajstić information content (AvgIpc) is 2.61. The van der Waals surface area contributed by atoms with E-state index in [1.165, 1.54) is 22.4 Å². The second kappa shape index (κ2) is 5.07. The van der Waals surface area contributed by atoms with Crippen LogP contribution < -0.4 is 0 Å². The number of halogens is 3. The summed E-state index contributed by atoms with van der Waals surface area (Å²) in [5.74, 6) is -5.19. The van der Waals surface area contributed by atoms with Gasteiger partial charge in [-0.25, -0.2) is 13.8 Å². The number of aromatic nitrogens is 1. The Labute approximate surface area is 111 Å². The normalized spacial score (nSPS) is 24.1. The van der Waals surface area contributed by atoms with Gasteiger partial charge in [-0.3, -0.25) is 9.69 Å². The monoisotopic (exact) mass is 296 g/mol. The molecule has 0 aliphatic carbocycles. The third-order valence-corrected chi connectivity index (χ3v) is 3.81. The van der Waals surface area contributed by atoms with Crippen molar-refractivity contribution in [2.75, 3.05) is 13.1 Å². The zero-order valence-corrected chi connectivity index (χ0v) is 10.8. The van der Waals surface area contributed by atoms with Gasteiger partial charge < -0.3 is 5.11 Å². The van der Waals surface area contributed by atoms with Gasteiger partial charge in [0.25, 0.3) is 5.92 Å². The lowest BCUT2D eigenvalue weighted by atomic mass is 9.95. The Morgan fingerprint density at radius 2 is 2.44 bits per heavy atom. The van der Waals surface area contributed by atoms with Gasteiger partial charge in [-0.2, -0.15) is 0 Å². The maximum atomic E-state index is 13.4. The van der Waals surface area contributed by atoms with Crippen LogP contribution >= 0.6 is 22.9 Å². The fraction of sp³-hybridized carbons (Fsp3) is 0.600. The van der Waals surface area contributed by atoms with Crippen LogP contribution in [0.3, 0.4) is 0 Å². The van der Waals surface area contributed by atoms with Crippen LogP contribution in [0, 0.1) is 5.92 Å². The number of carboxylic acids is 1. The van der Waals surface area contributed by atoms with E-state index in [1.54, 1.807) is 0 Å². The van der Waals surface area contributed by atoms with E-state index in [9.17, 15) is 13.6 Å². The van der Waals surface area contributed by atoms with Crippen LogP contribution in [-0.2, 0) is 11.3 Å². The second-order valence-electron chi connectivity index (χ2n) is 4.32. The molecule has 0 spiro atoms. The Kier molecular flexibility index (Phi) is 3.84. The molecule has 1 aromatic rings. The molecule has 8 heteroatoms. The molecule has 100 valence electrons. The van der Waals surface area contributed by atoms with Crippen LogP contribution in [0.15, 0.2) is 6.20 Å². The molecule has 1 aliphatic heterocycles. The molecule has 1 saturated heterocycles. The minimum atomic E-state index is -2.97. The fourth-order valence-electron chi connectivity index (χ4n) is 2.03. The van der Waals surface area contributed by atoms with Crippen molar-refractivity contribution in [3.05, 3.63) is 15.5 Å². The molecule has 1 aliphatic rings. The van der Waals surface area contributed by atoms with E-state index in [4.69, 9.17) is 16.7 Å². The zero-order chi connectivity index (χ0) is 13.3. The molecule has 0 radical (unpaired) electrons. The highest BCUT2D eigenvalue weighted by molar-refractivity contribution is 7.15. The van der Waals surface area contributed by atoms with Crippen molar-refractivity contribution in [2.24, 2.45) is 5.92 Å². The summed E-state index contributed by atoms with van der Waals surface area (Å²) in [6.07, 6.45) is 0.857. The first-order chi connectivity index (χ1) is 8.35. The molecule has 0 aromatic carbocycles. The van der Waals surface area contributed by atoms with E-state index in [0.29, 0.717) is 9.34 Å². The van der Waals surface area contributed by atoms with Gasteiger partial charge in [0.05, 0.1) is 25.2 Å². The van der Waals surface area contributed by atoms with E-state index in [-0.39, 0.29) is 13.1 Å². The lowest BCUT2D eigenvalue weighted by Gasteiger charge is -2.35. The number of carbonyl (C=O) groups is 1. The quantitative estimate of drug-likeness (QED) is 0.930. The Balaban J connectivity index is 2.05. The number of hydrogen-bond donors (Lipinski definition) is 1. The van der Waals surface area contributed by atoms with Gasteiger partial charge >= 0.3 is 5.97 Å². The largest absolute Gasteiger partial charge is 0.481 e. The van der Waals surface area contributed by atoms with E-state index in [0.717, 1.165) is 0 Å². The lowest BCUT2D eigenvalue weighted by Crippen LogP contribution is -2.48. The van der Waals surface area contributed by atoms with Crippen LogP contribution in [-0.4, -0.2) is 40.0 Å². The first kappa shape index (κ1) is 13.6. The molecule has 2 rings (SSSR count). The summed E-state index contributed by atoms with van der Waals surface area (Å²) >= 11 is 6.92. The lowest BCUT2D eigenvalue weighted by molar-refractivity contribution is -0.153. The van der Waals surface area contributed by atoms with Gasteiger partial charge in [0, 0.05) is 13.0 Å². The van der Waals surface area contributed by atoms with Crippen molar-refractivity contribution in [3.63, 3.8) is 0 Å². The third-order valence-electron chi connectivity index (χ3n) is 2.71. The number of aliphatic carboxylic acids is 1. The van der Waals surface area contributed by atoms with Crippen molar-refractivity contribution in [1.82, 2.24) is 9.88 Å². The molecule has 0 amide bonds. The van der Waals surface area contributed by atoms with Crippen molar-refractivity contribution in [1.29, 1.82) is 0 Å². The molecule has 4 nitrogen and oxygen atoms in total. The molecule has 1 atom stereocenters. The molecule has 1 aromatic heterocycles. The van der Waals surface area contributed by atoms with Crippen molar-refractivity contribution in [3.8, 4) is 0 Å². The first-order valence-corrected chi connectivity index (χ1v) is 6.48. The number of likely N-dealkylation sites (tertiary alicyclic amines) is 1. The second-order valence-corrected chi connectivity index (χ2v) is 6.07. The van der Waals surface area contributed by atoms with E-state index in [2.05, 4.69) is 4.98 Å². The number of piperidine rings is 1. The molecule has 0 bridgehead atoms. The number of rotatable bonds is 3. The number of carboxylic acid groups (broad SMARTS) is 1. The van der Waals surface area contributed by atoms with Crippen molar-refractivity contribution >= 4 is 28.9 Å². The highest BCUT2D eigenvalue weighted by Crippen LogP contribution is 2.32. The van der Waals surface area contributed by atoms with Crippen LogP contribution in [0.2, 0.25) is 4.34 Å². The Hall–Kier alpha value is -0.790. The molecule has 1 unspecified atom stereocenters. The molecular weight excluding hydrogens is 286 g/mol. The summed E-state index contributed by atoms with van der Waals surface area (Å²) in [5, 5.41) is 9.48. The Bertz CT molecular complexity index is 455. The van der Waals surface area contributed by atoms with E-state index < -0.39 is 30.8 Å². The van der Waals surface area contributed by atoms with Crippen LogP contribution in [0.1, 0.15) is 11.4 Å². The highest BCUT2D eigenvalue weighted by Gasteiger charge is 2.43. The van der Waals surface area contributed by atoms with E-state index >= 15 is 0 Å². The highest BCUT2D eigenvalue weighted by atomic mass is 35.5. The number of hydrogen-bond acceptors (Lipinski definition) is 4. The van der Waals surface area contributed by atoms with Crippen molar-refractivity contribution < 1.29 is 18.7 Å². The maximum Gasteiger partial charge on any atom is 0.308 e. The minimum Gasteiger partial charge on any atom is -0.481 e. The summed E-state index contributed by atoms with van der Waals surface area (Å²) in [7, 11) is 0. The van der Waals surface area contributed by atoms with Gasteiger partial charge in [0.2, 0.25) is 0 Å². The van der Waals surface area contributed by atoms with Gasteiger partial charge in [0.1, 0.15) is 9.34 Å². The predicted molar refractivity (Wildman–Crippen MR) is 63.1 cm³/mol. The first-order valence-electron chi connectivity index (χ1n) is 5.29. The summed E-state index contributed by atoms with van der Waals surface area (Å²) in [6.45, 7) is -0.118. The molecule has 18 heavy (non-hydrogen) atoms. The van der Waals surface area contributed by atoms with Crippen molar-refractivity contribution in [2.45, 2.75) is 18.9 Å². The Morgan fingerprint density at radius 1 is 1.72 bits per heavy atom.